The summed E-state index contributed by atoms with van der Waals surface area (Å²) in [5, 5.41) is 12.5. The Morgan fingerprint density at radius 1 is 1.10 bits per heavy atom. The molecule has 3 rings (SSSR count). The topological polar surface area (TPSA) is 98.7 Å². The van der Waals surface area contributed by atoms with Gasteiger partial charge in [0.1, 0.15) is 12.6 Å². The number of rotatable bonds is 7. The fraction of sp³-hybridized carbons (Fsp3) is 0.318. The van der Waals surface area contributed by atoms with E-state index in [0.717, 1.165) is 16.1 Å². The fourth-order valence-electron chi connectivity index (χ4n) is 3.48. The Hall–Kier alpha value is -2.84. The summed E-state index contributed by atoms with van der Waals surface area (Å²) >= 11 is 4.40. The van der Waals surface area contributed by atoms with Crippen LogP contribution in [0.1, 0.15) is 30.0 Å². The van der Waals surface area contributed by atoms with Crippen LogP contribution in [-0.4, -0.2) is 45.7 Å². The summed E-state index contributed by atoms with van der Waals surface area (Å²) in [7, 11) is 0. The molecule has 0 radical (unpaired) electrons. The molecule has 158 valence electrons. The Bertz CT molecular complexity index is 878. The van der Waals surface area contributed by atoms with Crippen LogP contribution in [0.5, 0.6) is 0 Å². The Morgan fingerprint density at radius 3 is 2.37 bits per heavy atom. The van der Waals surface area contributed by atoms with Crippen molar-refractivity contribution in [3.05, 3.63) is 71.8 Å². The molecule has 8 heteroatoms. The van der Waals surface area contributed by atoms with Gasteiger partial charge in [-0.1, -0.05) is 60.7 Å². The maximum Gasteiger partial charge on any atom is 0.324 e. The van der Waals surface area contributed by atoms with Crippen LogP contribution in [0.15, 0.2) is 60.7 Å². The second-order valence-corrected chi connectivity index (χ2v) is 7.88. The number of nitrogens with zero attached hydrogens (tertiary/aromatic N) is 1. The molecule has 30 heavy (non-hydrogen) atoms. The summed E-state index contributed by atoms with van der Waals surface area (Å²) in [5.41, 5.74) is 4.94. The number of hydrogen-bond donors (Lipinski definition) is 4. The minimum Gasteiger partial charge on any atom is -0.480 e. The Morgan fingerprint density at radius 2 is 1.73 bits per heavy atom. The number of benzene rings is 2. The zero-order valence-corrected chi connectivity index (χ0v) is 17.3. The summed E-state index contributed by atoms with van der Waals surface area (Å²) in [6.07, 6.45) is 1.38. The lowest BCUT2D eigenvalue weighted by atomic mass is 10.0. The number of carbonyl (C=O) groups is 3. The van der Waals surface area contributed by atoms with E-state index >= 15 is 0 Å². The summed E-state index contributed by atoms with van der Waals surface area (Å²) < 4.78 is 0. The molecule has 2 amide bonds. The third-order valence-corrected chi connectivity index (χ3v) is 5.42. The van der Waals surface area contributed by atoms with E-state index in [-0.39, 0.29) is 11.9 Å². The van der Waals surface area contributed by atoms with Crippen LogP contribution in [0.25, 0.3) is 0 Å². The van der Waals surface area contributed by atoms with Gasteiger partial charge in [-0.15, -0.1) is 0 Å². The number of carbonyl (C=O) groups excluding carboxylic acids is 2. The van der Waals surface area contributed by atoms with Gasteiger partial charge in [0, 0.05) is 0 Å². The highest BCUT2D eigenvalue weighted by Crippen LogP contribution is 2.23. The van der Waals surface area contributed by atoms with E-state index in [1.54, 1.807) is 0 Å². The van der Waals surface area contributed by atoms with Crippen molar-refractivity contribution >= 4 is 30.4 Å². The van der Waals surface area contributed by atoms with Crippen LogP contribution in [0.2, 0.25) is 0 Å². The van der Waals surface area contributed by atoms with Crippen molar-refractivity contribution in [2.45, 2.75) is 36.6 Å². The quantitative estimate of drug-likeness (QED) is 0.507. The van der Waals surface area contributed by atoms with E-state index in [4.69, 9.17) is 0 Å². The Labute approximate surface area is 180 Å². The predicted octanol–water partition coefficient (Wildman–Crippen LogP) is 1.97. The van der Waals surface area contributed by atoms with Gasteiger partial charge in [0.2, 0.25) is 5.91 Å². The second-order valence-electron chi connectivity index (χ2n) is 7.25. The number of amides is 2. The van der Waals surface area contributed by atoms with Crippen molar-refractivity contribution in [3.63, 3.8) is 0 Å². The maximum atomic E-state index is 12.9. The number of hydrazine groups is 1. The second kappa shape index (κ2) is 10.3. The molecule has 1 fully saturated rings. The van der Waals surface area contributed by atoms with Gasteiger partial charge in [-0.05, 0) is 30.4 Å². The normalized spacial score (nSPS) is 20.3. The average Bonchev–Trinajstić information content (AvgIpc) is 2.89. The van der Waals surface area contributed by atoms with Gasteiger partial charge in [0.15, 0.2) is 0 Å². The van der Waals surface area contributed by atoms with Crippen LogP contribution in [-0.2, 0) is 20.8 Å². The van der Waals surface area contributed by atoms with Crippen LogP contribution in [0, 0.1) is 0 Å². The highest BCUT2D eigenvalue weighted by atomic mass is 32.1. The highest BCUT2D eigenvalue weighted by molar-refractivity contribution is 7.81. The third kappa shape index (κ3) is 5.84. The lowest BCUT2D eigenvalue weighted by molar-refractivity contribution is -0.148. The first-order chi connectivity index (χ1) is 14.4. The molecule has 3 N–H and O–H groups in total. The van der Waals surface area contributed by atoms with Gasteiger partial charge in [-0.3, -0.25) is 19.4 Å². The summed E-state index contributed by atoms with van der Waals surface area (Å²) in [5.74, 6) is -1.95. The van der Waals surface area contributed by atoms with E-state index in [9.17, 15) is 19.5 Å². The zero-order valence-electron chi connectivity index (χ0n) is 16.4. The van der Waals surface area contributed by atoms with Crippen molar-refractivity contribution in [1.29, 1.82) is 0 Å². The molecular weight excluding hydrogens is 402 g/mol. The first-order valence-electron chi connectivity index (χ1n) is 9.80. The smallest absolute Gasteiger partial charge is 0.324 e. The van der Waals surface area contributed by atoms with E-state index in [1.807, 2.05) is 60.7 Å². The van der Waals surface area contributed by atoms with E-state index in [0.29, 0.717) is 19.3 Å². The van der Waals surface area contributed by atoms with Gasteiger partial charge >= 0.3 is 5.97 Å². The molecular formula is C22H25N3O4S. The van der Waals surface area contributed by atoms with Crippen LogP contribution >= 0.6 is 12.6 Å². The SMILES string of the molecule is O=C(O)CN1N[C@H](c2ccccc2)CCC(NC(=O)[C@@H](S)Cc2ccccc2)C1=O. The number of aliphatic carboxylic acids is 1. The van der Waals surface area contributed by atoms with Gasteiger partial charge in [-0.25, -0.2) is 5.43 Å². The lowest BCUT2D eigenvalue weighted by Gasteiger charge is -2.26. The molecule has 1 heterocycles. The van der Waals surface area contributed by atoms with Crippen molar-refractivity contribution in [2.24, 2.45) is 0 Å². The predicted molar refractivity (Wildman–Crippen MR) is 116 cm³/mol. The minimum absolute atomic E-state index is 0.229. The molecule has 0 bridgehead atoms. The van der Waals surface area contributed by atoms with Crippen molar-refractivity contribution in [1.82, 2.24) is 15.8 Å². The number of carboxylic acids is 1. The summed E-state index contributed by atoms with van der Waals surface area (Å²) in [6.45, 7) is -0.497. The van der Waals surface area contributed by atoms with Crippen LogP contribution in [0.3, 0.4) is 0 Å². The first kappa shape index (κ1) is 21.9. The number of nitrogens with one attached hydrogen (secondary N) is 2. The molecule has 1 aliphatic heterocycles. The van der Waals surface area contributed by atoms with E-state index in [1.165, 1.54) is 0 Å². The number of carboxylic acid groups (broad SMARTS) is 1. The molecule has 2 aromatic rings. The molecule has 1 aliphatic rings. The molecule has 3 atom stereocenters. The van der Waals surface area contributed by atoms with E-state index in [2.05, 4.69) is 23.4 Å². The highest BCUT2D eigenvalue weighted by Gasteiger charge is 2.34. The third-order valence-electron chi connectivity index (χ3n) is 5.01. The molecule has 2 aromatic carbocycles. The molecule has 0 aliphatic carbocycles. The largest absolute Gasteiger partial charge is 0.480 e. The van der Waals surface area contributed by atoms with Crippen LogP contribution < -0.4 is 10.7 Å². The van der Waals surface area contributed by atoms with Gasteiger partial charge in [0.25, 0.3) is 5.91 Å². The molecule has 0 saturated carbocycles. The monoisotopic (exact) mass is 427 g/mol. The Kier molecular flexibility index (Phi) is 7.48. The van der Waals surface area contributed by atoms with Crippen LogP contribution in [0.4, 0.5) is 0 Å². The molecule has 7 nitrogen and oxygen atoms in total. The standard InChI is InChI=1S/C22H25N3O4S/c26-20(27)14-25-22(29)18(12-11-17(24-25)16-9-5-2-6-10-16)23-21(28)19(30)13-15-7-3-1-4-8-15/h1-10,17-19,24,30H,11-14H2,(H,23,28)(H,26,27)/t17-,18?,19-/m0/s1. The van der Waals surface area contributed by atoms with Crippen molar-refractivity contribution in [2.75, 3.05) is 6.54 Å². The number of thiol groups is 1. The van der Waals surface area contributed by atoms with E-state index < -0.39 is 29.7 Å². The van der Waals surface area contributed by atoms with Gasteiger partial charge < -0.3 is 10.4 Å². The fourth-order valence-corrected chi connectivity index (χ4v) is 3.76. The summed E-state index contributed by atoms with van der Waals surface area (Å²) in [4.78, 5) is 36.9. The molecule has 0 aromatic heterocycles. The number of hydrogen-bond acceptors (Lipinski definition) is 5. The average molecular weight is 428 g/mol. The lowest BCUT2D eigenvalue weighted by Crippen LogP contribution is -2.54. The minimum atomic E-state index is -1.13. The van der Waals surface area contributed by atoms with Crippen molar-refractivity contribution < 1.29 is 19.5 Å². The summed E-state index contributed by atoms with van der Waals surface area (Å²) in [6, 6.07) is 18.0. The van der Waals surface area contributed by atoms with Crippen molar-refractivity contribution in [3.8, 4) is 0 Å². The Balaban J connectivity index is 1.70. The molecule has 0 spiro atoms. The zero-order chi connectivity index (χ0) is 21.5. The molecule has 1 unspecified atom stereocenters. The van der Waals surface area contributed by atoms with Gasteiger partial charge in [-0.2, -0.15) is 12.6 Å². The maximum absolute atomic E-state index is 12.9. The molecule has 1 saturated heterocycles. The van der Waals surface area contributed by atoms with Gasteiger partial charge in [0.05, 0.1) is 11.3 Å². The first-order valence-corrected chi connectivity index (χ1v) is 10.3.